The monoisotopic (exact) mass is 385 g/mol. The molecule has 4 rings (SSSR count). The van der Waals surface area contributed by atoms with Crippen LogP contribution in [0.3, 0.4) is 0 Å². The van der Waals surface area contributed by atoms with Crippen molar-refractivity contribution in [2.45, 2.75) is 9.79 Å². The molecule has 0 unspecified atom stereocenters. The molecule has 1 aliphatic rings. The summed E-state index contributed by atoms with van der Waals surface area (Å²) in [7, 11) is -3.97. The fraction of sp³-hybridized carbons (Fsp3) is 0. The van der Waals surface area contributed by atoms with Gasteiger partial charge in [0.05, 0.1) is 10.5 Å². The first-order valence-corrected chi connectivity index (χ1v) is 9.81. The van der Waals surface area contributed by atoms with Gasteiger partial charge in [-0.25, -0.2) is 13.2 Å². The molecule has 0 aliphatic carbocycles. The van der Waals surface area contributed by atoms with Crippen molar-refractivity contribution in [1.82, 2.24) is 0 Å². The van der Waals surface area contributed by atoms with Crippen molar-refractivity contribution in [3.63, 3.8) is 0 Å². The third-order valence-corrected chi connectivity index (χ3v) is 6.44. The minimum atomic E-state index is -3.97. The fourth-order valence-corrected chi connectivity index (χ4v) is 5.11. The first-order valence-electron chi connectivity index (χ1n) is 7.51. The second kappa shape index (κ2) is 5.86. The molecule has 130 valence electrons. The number of hydrogen-bond donors (Lipinski definition) is 2. The molecule has 0 fully saturated rings. The van der Waals surface area contributed by atoms with Crippen LogP contribution in [0.5, 0.6) is 0 Å². The number of hydrogen-bond acceptors (Lipinski definition) is 5. The van der Waals surface area contributed by atoms with Gasteiger partial charge >= 0.3 is 5.97 Å². The van der Waals surface area contributed by atoms with Crippen molar-refractivity contribution in [2.75, 3.05) is 4.72 Å². The summed E-state index contributed by atoms with van der Waals surface area (Å²) in [4.78, 5) is 23.9. The molecule has 2 N–H and O–H groups in total. The van der Waals surface area contributed by atoms with Crippen LogP contribution in [0.2, 0.25) is 0 Å². The maximum absolute atomic E-state index is 12.9. The zero-order valence-electron chi connectivity index (χ0n) is 13.1. The predicted molar refractivity (Wildman–Crippen MR) is 98.3 cm³/mol. The van der Waals surface area contributed by atoms with E-state index in [1.165, 1.54) is 30.3 Å². The number of nitrogens with one attached hydrogen (secondary N) is 1. The van der Waals surface area contributed by atoms with E-state index in [4.69, 9.17) is 5.11 Å². The van der Waals surface area contributed by atoms with Gasteiger partial charge in [-0.1, -0.05) is 18.2 Å². The molecule has 3 aromatic rings. The molecule has 8 heteroatoms. The molecule has 1 aliphatic heterocycles. The molecular formula is C18H11NO5S2. The van der Waals surface area contributed by atoms with Crippen molar-refractivity contribution in [1.29, 1.82) is 0 Å². The quantitative estimate of drug-likeness (QED) is 0.712. The lowest BCUT2D eigenvalue weighted by atomic mass is 10.1. The van der Waals surface area contributed by atoms with Gasteiger partial charge in [0.15, 0.2) is 0 Å². The Kier molecular flexibility index (Phi) is 3.74. The number of rotatable bonds is 4. The van der Waals surface area contributed by atoms with Crippen LogP contribution in [0, 0.1) is 0 Å². The fourth-order valence-electron chi connectivity index (χ4n) is 2.92. The van der Waals surface area contributed by atoms with E-state index in [2.05, 4.69) is 4.72 Å². The van der Waals surface area contributed by atoms with Gasteiger partial charge in [-0.05, 0) is 48.2 Å². The standard InChI is InChI=1S/C18H11NO5S2/c20-17(21)10-3-1-4-11(9-10)19-26(23,24)15-8-7-14-16-12(15)5-2-6-13(16)18(22)25-14/h1-9,19H,(H,20,21). The Labute approximate surface area is 152 Å². The van der Waals surface area contributed by atoms with Crippen LogP contribution in [-0.2, 0) is 10.0 Å². The molecule has 0 saturated heterocycles. The van der Waals surface area contributed by atoms with Gasteiger partial charge in [-0.3, -0.25) is 9.52 Å². The van der Waals surface area contributed by atoms with E-state index < -0.39 is 16.0 Å². The number of aromatic carboxylic acids is 1. The zero-order valence-corrected chi connectivity index (χ0v) is 14.7. The van der Waals surface area contributed by atoms with E-state index in [0.717, 1.165) is 16.7 Å². The van der Waals surface area contributed by atoms with Gasteiger partial charge in [-0.15, -0.1) is 0 Å². The highest BCUT2D eigenvalue weighted by atomic mass is 32.2. The Balaban J connectivity index is 1.83. The molecule has 0 atom stereocenters. The Bertz CT molecular complexity index is 1200. The van der Waals surface area contributed by atoms with Crippen LogP contribution >= 0.6 is 11.8 Å². The van der Waals surface area contributed by atoms with Gasteiger partial charge < -0.3 is 5.11 Å². The molecule has 0 radical (unpaired) electrons. The molecule has 3 aromatic carbocycles. The SMILES string of the molecule is O=C(O)c1cccc(NS(=O)(=O)c2ccc3c4c(cccc24)C(=O)S3)c1. The number of anilines is 1. The summed E-state index contributed by atoms with van der Waals surface area (Å²) in [5.41, 5.74) is 0.624. The second-order valence-corrected chi connectivity index (χ2v) is 8.34. The average Bonchev–Trinajstić information content (AvgIpc) is 2.93. The molecular weight excluding hydrogens is 374 g/mol. The minimum absolute atomic E-state index is 0.0207. The van der Waals surface area contributed by atoms with E-state index in [9.17, 15) is 18.0 Å². The summed E-state index contributed by atoms with van der Waals surface area (Å²) >= 11 is 1.08. The van der Waals surface area contributed by atoms with E-state index in [1.54, 1.807) is 24.3 Å². The summed E-state index contributed by atoms with van der Waals surface area (Å²) in [5.74, 6) is -1.15. The van der Waals surface area contributed by atoms with Crippen LogP contribution in [0.25, 0.3) is 10.8 Å². The molecule has 1 heterocycles. The van der Waals surface area contributed by atoms with Crippen LogP contribution in [-0.4, -0.2) is 24.6 Å². The summed E-state index contributed by atoms with van der Waals surface area (Å²) in [6, 6.07) is 13.6. The van der Waals surface area contributed by atoms with Crippen LogP contribution in [0.1, 0.15) is 20.7 Å². The first kappa shape index (κ1) is 16.6. The summed E-state index contributed by atoms with van der Waals surface area (Å²) in [5, 5.41) is 10.0. The maximum Gasteiger partial charge on any atom is 0.335 e. The Morgan fingerprint density at radius 1 is 1.04 bits per heavy atom. The lowest BCUT2D eigenvalue weighted by molar-refractivity contribution is 0.0696. The average molecular weight is 385 g/mol. The van der Waals surface area contributed by atoms with Crippen molar-refractivity contribution < 1.29 is 23.1 Å². The molecule has 26 heavy (non-hydrogen) atoms. The number of sulfonamides is 1. The van der Waals surface area contributed by atoms with E-state index >= 15 is 0 Å². The Morgan fingerprint density at radius 2 is 1.81 bits per heavy atom. The molecule has 6 nitrogen and oxygen atoms in total. The lowest BCUT2D eigenvalue weighted by Crippen LogP contribution is -2.14. The molecule has 0 spiro atoms. The number of carbonyl (C=O) groups excluding carboxylic acids is 1. The Morgan fingerprint density at radius 3 is 2.58 bits per heavy atom. The van der Waals surface area contributed by atoms with Crippen molar-refractivity contribution in [2.24, 2.45) is 0 Å². The third-order valence-electron chi connectivity index (χ3n) is 4.04. The number of thioether (sulfide) groups is 1. The van der Waals surface area contributed by atoms with Gasteiger partial charge in [-0.2, -0.15) is 0 Å². The normalized spacial score (nSPS) is 13.2. The topological polar surface area (TPSA) is 101 Å². The summed E-state index contributed by atoms with van der Waals surface area (Å²) in [6.07, 6.45) is 0. The highest BCUT2D eigenvalue weighted by Crippen LogP contribution is 2.42. The zero-order chi connectivity index (χ0) is 18.5. The van der Waals surface area contributed by atoms with Crippen LogP contribution in [0.4, 0.5) is 5.69 Å². The summed E-state index contributed by atoms with van der Waals surface area (Å²) in [6.45, 7) is 0. The largest absolute Gasteiger partial charge is 0.478 e. The molecule has 0 saturated carbocycles. The lowest BCUT2D eigenvalue weighted by Gasteiger charge is -2.11. The second-order valence-electron chi connectivity index (χ2n) is 5.67. The highest BCUT2D eigenvalue weighted by Gasteiger charge is 2.27. The van der Waals surface area contributed by atoms with Gasteiger partial charge in [0.25, 0.3) is 10.0 Å². The number of carbonyl (C=O) groups is 2. The van der Waals surface area contributed by atoms with E-state index in [1.807, 2.05) is 0 Å². The first-order chi connectivity index (χ1) is 12.4. The van der Waals surface area contributed by atoms with Gasteiger partial charge in [0.1, 0.15) is 0 Å². The predicted octanol–water partition coefficient (Wildman–Crippen LogP) is 3.58. The van der Waals surface area contributed by atoms with Crippen LogP contribution in [0.15, 0.2) is 64.4 Å². The molecule has 0 amide bonds. The van der Waals surface area contributed by atoms with Crippen molar-refractivity contribution >= 4 is 49.3 Å². The van der Waals surface area contributed by atoms with Gasteiger partial charge in [0.2, 0.25) is 5.12 Å². The number of carboxylic acid groups (broad SMARTS) is 1. The summed E-state index contributed by atoms with van der Waals surface area (Å²) < 4.78 is 28.2. The number of carboxylic acids is 1. The van der Waals surface area contributed by atoms with Gasteiger partial charge in [0, 0.05) is 26.9 Å². The Hall–Kier alpha value is -2.84. The van der Waals surface area contributed by atoms with E-state index in [0.29, 0.717) is 16.3 Å². The van der Waals surface area contributed by atoms with E-state index in [-0.39, 0.29) is 21.3 Å². The molecule has 0 aromatic heterocycles. The van der Waals surface area contributed by atoms with Crippen molar-refractivity contribution in [3.8, 4) is 0 Å². The highest BCUT2D eigenvalue weighted by molar-refractivity contribution is 8.14. The third kappa shape index (κ3) is 2.63. The smallest absolute Gasteiger partial charge is 0.335 e. The minimum Gasteiger partial charge on any atom is -0.478 e. The molecule has 0 bridgehead atoms. The number of benzene rings is 3. The van der Waals surface area contributed by atoms with Crippen molar-refractivity contribution in [3.05, 3.63) is 65.7 Å². The van der Waals surface area contributed by atoms with Crippen LogP contribution < -0.4 is 4.72 Å². The maximum atomic E-state index is 12.9.